The minimum absolute atomic E-state index is 0.141. The number of ether oxygens (including phenoxy) is 2. The van der Waals surface area contributed by atoms with Crippen molar-refractivity contribution in [3.8, 4) is 11.5 Å². The summed E-state index contributed by atoms with van der Waals surface area (Å²) < 4.78 is 10.2. The van der Waals surface area contributed by atoms with Gasteiger partial charge in [0.25, 0.3) is 11.8 Å². The maximum Gasteiger partial charge on any atom is 0.335 e. The van der Waals surface area contributed by atoms with Gasteiger partial charge in [0.2, 0.25) is 0 Å². The standard InChI is InChI=1S/C19H16N2O5/c1-25-14-8-6-12(7-9-14)10-16-17(22)20-19(24)21(18(16)23)13-4-3-5-15(11-13)26-2/h3-11H,1-2H3,(H,20,22,24)/b16-10-. The molecule has 0 bridgehead atoms. The number of urea groups is 1. The van der Waals surface area contributed by atoms with Crippen molar-refractivity contribution in [2.24, 2.45) is 0 Å². The minimum atomic E-state index is -0.805. The number of nitrogens with one attached hydrogen (secondary N) is 1. The Morgan fingerprint density at radius 1 is 0.923 bits per heavy atom. The van der Waals surface area contributed by atoms with E-state index in [0.717, 1.165) is 4.90 Å². The lowest BCUT2D eigenvalue weighted by molar-refractivity contribution is -0.122. The molecule has 0 aromatic heterocycles. The van der Waals surface area contributed by atoms with Crippen molar-refractivity contribution in [3.63, 3.8) is 0 Å². The molecule has 7 nitrogen and oxygen atoms in total. The zero-order chi connectivity index (χ0) is 18.7. The van der Waals surface area contributed by atoms with Gasteiger partial charge in [-0.25, -0.2) is 9.69 Å². The number of benzene rings is 2. The molecule has 26 heavy (non-hydrogen) atoms. The number of carbonyl (C=O) groups excluding carboxylic acids is 3. The van der Waals surface area contributed by atoms with Crippen LogP contribution in [-0.2, 0) is 9.59 Å². The van der Waals surface area contributed by atoms with Crippen molar-refractivity contribution in [2.45, 2.75) is 0 Å². The number of hydrogen-bond donors (Lipinski definition) is 1. The van der Waals surface area contributed by atoms with Gasteiger partial charge < -0.3 is 9.47 Å². The van der Waals surface area contributed by atoms with Crippen LogP contribution in [0.15, 0.2) is 54.1 Å². The number of barbiturate groups is 1. The molecule has 1 aliphatic heterocycles. The highest BCUT2D eigenvalue weighted by atomic mass is 16.5. The first-order valence-electron chi connectivity index (χ1n) is 7.73. The van der Waals surface area contributed by atoms with Gasteiger partial charge in [-0.1, -0.05) is 18.2 Å². The molecule has 0 radical (unpaired) electrons. The van der Waals surface area contributed by atoms with Crippen LogP contribution in [0.25, 0.3) is 6.08 Å². The third-order valence-electron chi connectivity index (χ3n) is 3.84. The number of rotatable bonds is 4. The van der Waals surface area contributed by atoms with E-state index in [1.807, 2.05) is 0 Å². The molecule has 0 saturated carbocycles. The molecule has 4 amide bonds. The number of nitrogens with zero attached hydrogens (tertiary/aromatic N) is 1. The molecule has 1 heterocycles. The Morgan fingerprint density at radius 2 is 1.62 bits per heavy atom. The Labute approximate surface area is 149 Å². The first-order chi connectivity index (χ1) is 12.5. The van der Waals surface area contributed by atoms with Crippen molar-refractivity contribution in [3.05, 3.63) is 59.7 Å². The summed E-state index contributed by atoms with van der Waals surface area (Å²) in [6.07, 6.45) is 1.43. The van der Waals surface area contributed by atoms with Gasteiger partial charge in [-0.05, 0) is 35.9 Å². The van der Waals surface area contributed by atoms with E-state index in [4.69, 9.17) is 9.47 Å². The fraction of sp³-hybridized carbons (Fsp3) is 0.105. The summed E-state index contributed by atoms with van der Waals surface area (Å²) >= 11 is 0. The van der Waals surface area contributed by atoms with Crippen LogP contribution < -0.4 is 19.7 Å². The molecule has 1 N–H and O–H groups in total. The summed E-state index contributed by atoms with van der Waals surface area (Å²) in [5, 5.41) is 2.18. The number of amides is 4. The molecular formula is C19H16N2O5. The monoisotopic (exact) mass is 352 g/mol. The van der Waals surface area contributed by atoms with E-state index in [1.54, 1.807) is 49.6 Å². The number of carbonyl (C=O) groups is 3. The smallest absolute Gasteiger partial charge is 0.335 e. The average Bonchev–Trinajstić information content (AvgIpc) is 2.65. The van der Waals surface area contributed by atoms with Gasteiger partial charge in [0.15, 0.2) is 0 Å². The summed E-state index contributed by atoms with van der Waals surface area (Å²) in [5.74, 6) is -0.307. The molecule has 0 spiro atoms. The van der Waals surface area contributed by atoms with Gasteiger partial charge >= 0.3 is 6.03 Å². The second kappa shape index (κ2) is 7.10. The fourth-order valence-corrected chi connectivity index (χ4v) is 2.51. The molecule has 3 rings (SSSR count). The van der Waals surface area contributed by atoms with E-state index >= 15 is 0 Å². The Hall–Kier alpha value is -3.61. The van der Waals surface area contributed by atoms with Crippen LogP contribution in [0.4, 0.5) is 10.5 Å². The molecule has 132 valence electrons. The van der Waals surface area contributed by atoms with Crippen LogP contribution in [0.1, 0.15) is 5.56 Å². The molecule has 0 atom stereocenters. The van der Waals surface area contributed by atoms with E-state index in [1.165, 1.54) is 19.3 Å². The quantitative estimate of drug-likeness (QED) is 0.674. The average molecular weight is 352 g/mol. The highest BCUT2D eigenvalue weighted by Gasteiger charge is 2.36. The van der Waals surface area contributed by atoms with Crippen molar-refractivity contribution in [1.29, 1.82) is 0 Å². The highest BCUT2D eigenvalue weighted by Crippen LogP contribution is 2.25. The van der Waals surface area contributed by atoms with Crippen molar-refractivity contribution < 1.29 is 23.9 Å². The molecular weight excluding hydrogens is 336 g/mol. The van der Waals surface area contributed by atoms with Crippen molar-refractivity contribution >= 4 is 29.6 Å². The molecule has 1 fully saturated rings. The van der Waals surface area contributed by atoms with Crippen LogP contribution in [-0.4, -0.2) is 32.1 Å². The molecule has 2 aromatic carbocycles. The fourth-order valence-electron chi connectivity index (χ4n) is 2.51. The van der Waals surface area contributed by atoms with Crippen molar-refractivity contribution in [1.82, 2.24) is 5.32 Å². The number of hydrogen-bond acceptors (Lipinski definition) is 5. The summed E-state index contributed by atoms with van der Waals surface area (Å²) in [6, 6.07) is 12.5. The lowest BCUT2D eigenvalue weighted by Gasteiger charge is -2.26. The first-order valence-corrected chi connectivity index (χ1v) is 7.73. The summed E-state index contributed by atoms with van der Waals surface area (Å²) in [7, 11) is 3.03. The van der Waals surface area contributed by atoms with Crippen LogP contribution in [0, 0.1) is 0 Å². The minimum Gasteiger partial charge on any atom is -0.497 e. The lowest BCUT2D eigenvalue weighted by atomic mass is 10.1. The van der Waals surface area contributed by atoms with E-state index in [2.05, 4.69) is 5.32 Å². The molecule has 0 unspecified atom stereocenters. The Kier molecular flexibility index (Phi) is 4.70. The molecule has 2 aromatic rings. The van der Waals surface area contributed by atoms with Crippen LogP contribution >= 0.6 is 0 Å². The van der Waals surface area contributed by atoms with Crippen LogP contribution in [0.2, 0.25) is 0 Å². The van der Waals surface area contributed by atoms with Crippen LogP contribution in [0.3, 0.4) is 0 Å². The summed E-state index contributed by atoms with van der Waals surface area (Å²) in [6.45, 7) is 0. The summed E-state index contributed by atoms with van der Waals surface area (Å²) in [5.41, 5.74) is 0.793. The molecule has 0 aliphatic carbocycles. The van der Waals surface area contributed by atoms with E-state index in [-0.39, 0.29) is 5.57 Å². The highest BCUT2D eigenvalue weighted by molar-refractivity contribution is 6.39. The first kappa shape index (κ1) is 17.2. The number of anilines is 1. The zero-order valence-electron chi connectivity index (χ0n) is 14.2. The lowest BCUT2D eigenvalue weighted by Crippen LogP contribution is -2.54. The molecule has 7 heteroatoms. The number of methoxy groups -OCH3 is 2. The van der Waals surface area contributed by atoms with Crippen LogP contribution in [0.5, 0.6) is 11.5 Å². The van der Waals surface area contributed by atoms with Crippen molar-refractivity contribution in [2.75, 3.05) is 19.1 Å². The Balaban J connectivity index is 1.98. The van der Waals surface area contributed by atoms with Gasteiger partial charge in [-0.2, -0.15) is 0 Å². The van der Waals surface area contributed by atoms with Gasteiger partial charge in [0, 0.05) is 6.07 Å². The van der Waals surface area contributed by atoms with Gasteiger partial charge in [-0.15, -0.1) is 0 Å². The normalized spacial score (nSPS) is 15.8. The number of imide groups is 2. The topological polar surface area (TPSA) is 84.9 Å². The second-order valence-electron chi connectivity index (χ2n) is 5.43. The Bertz CT molecular complexity index is 902. The predicted molar refractivity (Wildman–Crippen MR) is 95.0 cm³/mol. The maximum atomic E-state index is 12.8. The largest absolute Gasteiger partial charge is 0.497 e. The molecule has 1 aliphatic rings. The van der Waals surface area contributed by atoms with E-state index < -0.39 is 17.8 Å². The predicted octanol–water partition coefficient (Wildman–Crippen LogP) is 2.37. The maximum absolute atomic E-state index is 12.8. The third-order valence-corrected chi connectivity index (χ3v) is 3.84. The summed E-state index contributed by atoms with van der Waals surface area (Å²) in [4.78, 5) is 38.0. The second-order valence-corrected chi connectivity index (χ2v) is 5.43. The zero-order valence-corrected chi connectivity index (χ0v) is 14.2. The van der Waals surface area contributed by atoms with E-state index in [9.17, 15) is 14.4 Å². The van der Waals surface area contributed by atoms with Gasteiger partial charge in [0.1, 0.15) is 17.1 Å². The Morgan fingerprint density at radius 3 is 2.27 bits per heavy atom. The van der Waals surface area contributed by atoms with Gasteiger partial charge in [-0.3, -0.25) is 14.9 Å². The third kappa shape index (κ3) is 3.27. The van der Waals surface area contributed by atoms with E-state index in [0.29, 0.717) is 22.7 Å². The SMILES string of the molecule is COc1ccc(/C=C2/C(=O)NC(=O)N(c3cccc(OC)c3)C2=O)cc1. The molecule has 1 saturated heterocycles. The van der Waals surface area contributed by atoms with Gasteiger partial charge in [0.05, 0.1) is 19.9 Å².